The molecule has 0 spiro atoms. The van der Waals surface area contributed by atoms with Gasteiger partial charge < -0.3 is 5.11 Å². The molecule has 0 bridgehead atoms. The van der Waals surface area contributed by atoms with Gasteiger partial charge in [0.25, 0.3) is 0 Å². The van der Waals surface area contributed by atoms with Crippen molar-refractivity contribution >= 4 is 22.1 Å². The first kappa shape index (κ1) is 12.5. The van der Waals surface area contributed by atoms with Crippen molar-refractivity contribution in [2.45, 2.75) is 38.4 Å². The van der Waals surface area contributed by atoms with E-state index in [-0.39, 0.29) is 0 Å². The number of carboxylic acids is 1. The maximum atomic E-state index is 10.3. The summed E-state index contributed by atoms with van der Waals surface area (Å²) >= 11 is 0. The molecular formula is C9H18O2Si2. The third-order valence-corrected chi connectivity index (χ3v) is 10.1. The first-order valence-electron chi connectivity index (χ1n) is 4.38. The average molecular weight is 214 g/mol. The quantitative estimate of drug-likeness (QED) is 0.565. The predicted molar refractivity (Wildman–Crippen MR) is 61.0 cm³/mol. The molecule has 0 heterocycles. The van der Waals surface area contributed by atoms with E-state index in [0.29, 0.717) is 0 Å². The molecule has 0 aromatic rings. The van der Waals surface area contributed by atoms with Crippen LogP contribution in [-0.4, -0.2) is 27.2 Å². The van der Waals surface area contributed by atoms with Gasteiger partial charge in [0.15, 0.2) is 0 Å². The van der Waals surface area contributed by atoms with E-state index in [2.05, 4.69) is 44.2 Å². The molecule has 0 aliphatic rings. The van der Waals surface area contributed by atoms with Crippen LogP contribution in [0.25, 0.3) is 0 Å². The van der Waals surface area contributed by atoms with E-state index >= 15 is 0 Å². The minimum atomic E-state index is -1.58. The lowest BCUT2D eigenvalue weighted by atomic mass is 10.7. The standard InChI is InChI=1S/C9H18O2Si2/c1-12(2,3)8-13(4,5)7-6-9(10)11/h8H2,1-5H3,(H,10,11). The predicted octanol–water partition coefficient (Wildman–Crippen LogP) is 2.20. The Morgan fingerprint density at radius 1 is 1.23 bits per heavy atom. The van der Waals surface area contributed by atoms with Gasteiger partial charge in [-0.25, -0.2) is 4.79 Å². The van der Waals surface area contributed by atoms with Gasteiger partial charge >= 0.3 is 5.97 Å². The highest BCUT2D eigenvalue weighted by Crippen LogP contribution is 2.18. The summed E-state index contributed by atoms with van der Waals surface area (Å²) in [4.78, 5) is 10.3. The van der Waals surface area contributed by atoms with Crippen LogP contribution in [0.1, 0.15) is 0 Å². The van der Waals surface area contributed by atoms with Crippen LogP contribution in [-0.2, 0) is 4.79 Å². The van der Waals surface area contributed by atoms with Crippen LogP contribution < -0.4 is 0 Å². The summed E-state index contributed by atoms with van der Waals surface area (Å²) in [7, 11) is -2.68. The molecule has 74 valence electrons. The van der Waals surface area contributed by atoms with E-state index in [1.807, 2.05) is 0 Å². The number of carboxylic acid groups (broad SMARTS) is 1. The van der Waals surface area contributed by atoms with Crippen molar-refractivity contribution in [3.8, 4) is 11.5 Å². The zero-order chi connectivity index (χ0) is 10.7. The largest absolute Gasteiger partial charge is 0.472 e. The molecule has 0 radical (unpaired) electrons. The van der Waals surface area contributed by atoms with Gasteiger partial charge in [-0.15, -0.1) is 5.54 Å². The Morgan fingerprint density at radius 2 is 1.69 bits per heavy atom. The fraction of sp³-hybridized carbons (Fsp3) is 0.667. The number of aliphatic carboxylic acids is 1. The molecule has 13 heavy (non-hydrogen) atoms. The summed E-state index contributed by atoms with van der Waals surface area (Å²) < 4.78 is 0. The third kappa shape index (κ3) is 7.81. The minimum absolute atomic E-state index is 1.00. The molecule has 0 rings (SSSR count). The highest BCUT2D eigenvalue weighted by molar-refractivity contribution is 6.98. The van der Waals surface area contributed by atoms with E-state index in [4.69, 9.17) is 5.11 Å². The molecule has 0 aliphatic carbocycles. The minimum Gasteiger partial charge on any atom is -0.472 e. The van der Waals surface area contributed by atoms with Gasteiger partial charge in [-0.2, -0.15) is 0 Å². The normalized spacial score (nSPS) is 11.8. The molecule has 0 saturated carbocycles. The average Bonchev–Trinajstić information content (AvgIpc) is 1.78. The maximum Gasteiger partial charge on any atom is 0.381 e. The van der Waals surface area contributed by atoms with Gasteiger partial charge in [0.05, 0.1) is 0 Å². The molecule has 0 aromatic heterocycles. The van der Waals surface area contributed by atoms with Crippen LogP contribution >= 0.6 is 0 Å². The molecule has 0 aliphatic heterocycles. The van der Waals surface area contributed by atoms with Crippen LogP contribution in [0.4, 0.5) is 0 Å². The molecule has 4 heteroatoms. The number of carbonyl (C=O) groups is 1. The van der Waals surface area contributed by atoms with Gasteiger partial charge in [-0.1, -0.05) is 38.4 Å². The molecule has 0 saturated heterocycles. The van der Waals surface area contributed by atoms with Crippen molar-refractivity contribution in [2.24, 2.45) is 0 Å². The van der Waals surface area contributed by atoms with Gasteiger partial charge in [0.2, 0.25) is 0 Å². The lowest BCUT2D eigenvalue weighted by Crippen LogP contribution is -2.36. The summed E-state index contributed by atoms with van der Waals surface area (Å²) in [5, 5.41) is 8.44. The Hall–Kier alpha value is -0.536. The van der Waals surface area contributed by atoms with Crippen molar-refractivity contribution < 1.29 is 9.90 Å². The SMILES string of the molecule is C[Si](C)(C)C[Si](C)(C)C#CC(=O)O. The molecule has 0 unspecified atom stereocenters. The first-order chi connectivity index (χ1) is 5.62. The Kier molecular flexibility index (Phi) is 3.95. The van der Waals surface area contributed by atoms with Crippen LogP contribution in [0.3, 0.4) is 0 Å². The lowest BCUT2D eigenvalue weighted by Gasteiger charge is -2.24. The Bertz CT molecular complexity index is 253. The van der Waals surface area contributed by atoms with Crippen LogP contribution in [0.5, 0.6) is 0 Å². The van der Waals surface area contributed by atoms with Crippen LogP contribution in [0.15, 0.2) is 0 Å². The molecular weight excluding hydrogens is 196 g/mol. The summed E-state index contributed by atoms with van der Waals surface area (Å²) in [5.41, 5.74) is 4.11. The second-order valence-electron chi connectivity index (χ2n) is 5.18. The van der Waals surface area contributed by atoms with Gasteiger partial charge in [-0.05, 0) is 0 Å². The van der Waals surface area contributed by atoms with E-state index in [1.165, 1.54) is 5.67 Å². The zero-order valence-corrected chi connectivity index (χ0v) is 11.1. The summed E-state index contributed by atoms with van der Waals surface area (Å²) in [6.45, 7) is 11.2. The third-order valence-electron chi connectivity index (χ3n) is 1.48. The zero-order valence-electron chi connectivity index (χ0n) is 9.06. The van der Waals surface area contributed by atoms with Crippen LogP contribution in [0, 0.1) is 11.5 Å². The van der Waals surface area contributed by atoms with Crippen molar-refractivity contribution in [1.29, 1.82) is 0 Å². The molecule has 0 atom stereocenters. The van der Waals surface area contributed by atoms with Crippen LogP contribution in [0.2, 0.25) is 38.4 Å². The molecule has 1 N–H and O–H groups in total. The number of hydrogen-bond donors (Lipinski definition) is 1. The Balaban J connectivity index is 4.44. The monoisotopic (exact) mass is 214 g/mol. The number of hydrogen-bond acceptors (Lipinski definition) is 1. The highest BCUT2D eigenvalue weighted by Gasteiger charge is 2.27. The lowest BCUT2D eigenvalue weighted by molar-refractivity contribution is -0.130. The second-order valence-corrected chi connectivity index (χ2v) is 15.7. The molecule has 0 aromatic carbocycles. The van der Waals surface area contributed by atoms with Crippen molar-refractivity contribution in [1.82, 2.24) is 0 Å². The summed E-state index contributed by atoms with van der Waals surface area (Å²) in [6.07, 6.45) is 0. The van der Waals surface area contributed by atoms with E-state index in [1.54, 1.807) is 0 Å². The fourth-order valence-corrected chi connectivity index (χ4v) is 13.0. The van der Waals surface area contributed by atoms with Gasteiger partial charge in [-0.3, -0.25) is 0 Å². The maximum absolute atomic E-state index is 10.3. The van der Waals surface area contributed by atoms with Crippen molar-refractivity contribution in [2.75, 3.05) is 0 Å². The highest BCUT2D eigenvalue weighted by atomic mass is 28.4. The fourth-order valence-electron chi connectivity index (χ4n) is 1.59. The topological polar surface area (TPSA) is 37.3 Å². The first-order valence-corrected chi connectivity index (χ1v) is 11.3. The van der Waals surface area contributed by atoms with E-state index in [9.17, 15) is 4.79 Å². The summed E-state index contributed by atoms with van der Waals surface area (Å²) in [6, 6.07) is 0. The van der Waals surface area contributed by atoms with Gasteiger partial charge in [0.1, 0.15) is 8.07 Å². The second kappa shape index (κ2) is 4.12. The Morgan fingerprint density at radius 3 is 2.00 bits per heavy atom. The van der Waals surface area contributed by atoms with Gasteiger partial charge in [0, 0.05) is 14.0 Å². The number of rotatable bonds is 2. The molecule has 0 amide bonds. The molecule has 2 nitrogen and oxygen atoms in total. The smallest absolute Gasteiger partial charge is 0.381 e. The summed E-state index contributed by atoms with van der Waals surface area (Å²) in [5.74, 6) is 1.26. The van der Waals surface area contributed by atoms with Crippen molar-refractivity contribution in [3.63, 3.8) is 0 Å². The molecule has 0 fully saturated rings. The van der Waals surface area contributed by atoms with Crippen molar-refractivity contribution in [3.05, 3.63) is 0 Å². The van der Waals surface area contributed by atoms with E-state index < -0.39 is 22.1 Å². The van der Waals surface area contributed by atoms with E-state index in [0.717, 1.165) is 0 Å². The Labute approximate surface area is 82.4 Å².